The van der Waals surface area contributed by atoms with Gasteiger partial charge in [-0.2, -0.15) is 5.10 Å². The van der Waals surface area contributed by atoms with Gasteiger partial charge in [0.1, 0.15) is 6.04 Å². The first kappa shape index (κ1) is 13.0. The van der Waals surface area contributed by atoms with E-state index in [2.05, 4.69) is 10.4 Å². The largest absolute Gasteiger partial charge is 0.480 e. The lowest BCUT2D eigenvalue weighted by atomic mass is 10.2. The summed E-state index contributed by atoms with van der Waals surface area (Å²) >= 11 is 0. The highest BCUT2D eigenvalue weighted by Gasteiger charge is 2.15. The molecule has 0 aliphatic heterocycles. The van der Waals surface area contributed by atoms with Gasteiger partial charge in [0, 0.05) is 19.3 Å². The fourth-order valence-corrected chi connectivity index (χ4v) is 1.27. The molecule has 0 radical (unpaired) electrons. The number of aryl methyl sites for hydroxylation is 1. The first-order valence-corrected chi connectivity index (χ1v) is 5.24. The molecule has 0 fully saturated rings. The van der Waals surface area contributed by atoms with Crippen molar-refractivity contribution < 1.29 is 14.7 Å². The maximum absolute atomic E-state index is 11.4. The van der Waals surface area contributed by atoms with Crippen molar-refractivity contribution in [1.29, 1.82) is 0 Å². The number of hydrogen-bond donors (Lipinski definition) is 2. The SMILES string of the molecule is CC[C@@H](NC(=O)C=Cc1ccnn1C)C(=O)O. The van der Waals surface area contributed by atoms with E-state index in [1.165, 1.54) is 6.08 Å². The van der Waals surface area contributed by atoms with Crippen LogP contribution in [0.1, 0.15) is 19.0 Å². The molecule has 6 nitrogen and oxygen atoms in total. The Kier molecular flexibility index (Phi) is 4.45. The lowest BCUT2D eigenvalue weighted by molar-refractivity contribution is -0.141. The first-order valence-electron chi connectivity index (χ1n) is 5.24. The van der Waals surface area contributed by atoms with Gasteiger partial charge in [-0.25, -0.2) is 4.79 Å². The Hall–Kier alpha value is -2.11. The molecule has 0 aliphatic rings. The monoisotopic (exact) mass is 237 g/mol. The molecule has 0 aliphatic carbocycles. The van der Waals surface area contributed by atoms with Crippen molar-refractivity contribution in [3.05, 3.63) is 24.0 Å². The third-order valence-electron chi connectivity index (χ3n) is 2.29. The molecule has 0 bridgehead atoms. The molecule has 0 unspecified atom stereocenters. The van der Waals surface area contributed by atoms with Crippen LogP contribution < -0.4 is 5.32 Å². The molecular weight excluding hydrogens is 222 g/mol. The second kappa shape index (κ2) is 5.83. The fourth-order valence-electron chi connectivity index (χ4n) is 1.27. The zero-order valence-corrected chi connectivity index (χ0v) is 9.75. The van der Waals surface area contributed by atoms with E-state index in [0.29, 0.717) is 6.42 Å². The van der Waals surface area contributed by atoms with Gasteiger partial charge in [-0.1, -0.05) is 6.92 Å². The van der Waals surface area contributed by atoms with E-state index in [1.54, 1.807) is 37.0 Å². The standard InChI is InChI=1S/C11H15N3O3/c1-3-9(11(16)17)13-10(15)5-4-8-6-7-12-14(8)2/h4-7,9H,3H2,1-2H3,(H,13,15)(H,16,17)/t9-/m1/s1. The molecule has 1 rings (SSSR count). The zero-order chi connectivity index (χ0) is 12.8. The smallest absolute Gasteiger partial charge is 0.326 e. The minimum Gasteiger partial charge on any atom is -0.480 e. The van der Waals surface area contributed by atoms with Crippen LogP contribution in [0, 0.1) is 0 Å². The quantitative estimate of drug-likeness (QED) is 0.726. The fraction of sp³-hybridized carbons (Fsp3) is 0.364. The van der Waals surface area contributed by atoms with Gasteiger partial charge < -0.3 is 10.4 Å². The Morgan fingerprint density at radius 2 is 2.35 bits per heavy atom. The number of nitrogens with one attached hydrogen (secondary N) is 1. The molecule has 0 aromatic carbocycles. The normalized spacial score (nSPS) is 12.6. The van der Waals surface area contributed by atoms with Crippen LogP contribution in [0.5, 0.6) is 0 Å². The van der Waals surface area contributed by atoms with Crippen molar-refractivity contribution in [2.24, 2.45) is 7.05 Å². The van der Waals surface area contributed by atoms with Gasteiger partial charge in [0.2, 0.25) is 5.91 Å². The summed E-state index contributed by atoms with van der Waals surface area (Å²) in [7, 11) is 1.75. The summed E-state index contributed by atoms with van der Waals surface area (Å²) in [6.45, 7) is 1.70. The number of aromatic nitrogens is 2. The molecule has 1 aromatic rings. The molecule has 1 amide bonds. The van der Waals surface area contributed by atoms with Crippen LogP contribution in [0.2, 0.25) is 0 Å². The Morgan fingerprint density at radius 1 is 1.65 bits per heavy atom. The van der Waals surface area contributed by atoms with Crippen LogP contribution in [0.25, 0.3) is 6.08 Å². The highest BCUT2D eigenvalue weighted by atomic mass is 16.4. The van der Waals surface area contributed by atoms with Gasteiger partial charge in [-0.05, 0) is 18.6 Å². The van der Waals surface area contributed by atoms with Crippen molar-refractivity contribution in [2.75, 3.05) is 0 Å². The maximum Gasteiger partial charge on any atom is 0.326 e. The Bertz CT molecular complexity index is 437. The van der Waals surface area contributed by atoms with Gasteiger partial charge in [0.15, 0.2) is 0 Å². The summed E-state index contributed by atoms with van der Waals surface area (Å²) in [5, 5.41) is 15.1. The number of amides is 1. The lowest BCUT2D eigenvalue weighted by Crippen LogP contribution is -2.39. The summed E-state index contributed by atoms with van der Waals surface area (Å²) in [6, 6.07) is 0.900. The highest BCUT2D eigenvalue weighted by Crippen LogP contribution is 1.99. The Balaban J connectivity index is 2.58. The van der Waals surface area contributed by atoms with Gasteiger partial charge in [0.05, 0.1) is 5.69 Å². The number of carbonyl (C=O) groups is 2. The predicted molar refractivity (Wildman–Crippen MR) is 62.1 cm³/mol. The molecule has 0 spiro atoms. The molecule has 17 heavy (non-hydrogen) atoms. The van der Waals surface area contributed by atoms with Crippen LogP contribution in [-0.4, -0.2) is 32.8 Å². The van der Waals surface area contributed by atoms with Crippen LogP contribution >= 0.6 is 0 Å². The predicted octanol–water partition coefficient (Wildman–Crippen LogP) is 0.413. The minimum absolute atomic E-state index is 0.348. The summed E-state index contributed by atoms with van der Waals surface area (Å²) < 4.78 is 1.61. The van der Waals surface area contributed by atoms with E-state index in [0.717, 1.165) is 5.69 Å². The van der Waals surface area contributed by atoms with Crippen molar-refractivity contribution in [3.63, 3.8) is 0 Å². The van der Waals surface area contributed by atoms with Gasteiger partial charge in [-0.15, -0.1) is 0 Å². The number of carbonyl (C=O) groups excluding carboxylic acids is 1. The van der Waals surface area contributed by atoms with Gasteiger partial charge >= 0.3 is 5.97 Å². The van der Waals surface area contributed by atoms with E-state index in [4.69, 9.17) is 5.11 Å². The second-order valence-corrected chi connectivity index (χ2v) is 3.52. The van der Waals surface area contributed by atoms with Crippen molar-refractivity contribution in [3.8, 4) is 0 Å². The molecule has 92 valence electrons. The van der Waals surface area contributed by atoms with Crippen LogP contribution in [0.3, 0.4) is 0 Å². The molecule has 2 N–H and O–H groups in total. The Labute approximate surface area is 98.9 Å². The van der Waals surface area contributed by atoms with Crippen LogP contribution in [0.15, 0.2) is 18.3 Å². The summed E-state index contributed by atoms with van der Waals surface area (Å²) in [5.74, 6) is -1.46. The lowest BCUT2D eigenvalue weighted by Gasteiger charge is -2.09. The second-order valence-electron chi connectivity index (χ2n) is 3.52. The van der Waals surface area contributed by atoms with Crippen LogP contribution in [0.4, 0.5) is 0 Å². The van der Waals surface area contributed by atoms with Gasteiger partial charge in [-0.3, -0.25) is 9.48 Å². The topological polar surface area (TPSA) is 84.2 Å². The number of rotatable bonds is 5. The summed E-state index contributed by atoms with van der Waals surface area (Å²) in [6.07, 6.45) is 4.84. The van der Waals surface area contributed by atoms with Gasteiger partial charge in [0.25, 0.3) is 0 Å². The molecule has 1 aromatic heterocycles. The molecule has 0 saturated heterocycles. The van der Waals surface area contributed by atoms with Crippen molar-refractivity contribution in [2.45, 2.75) is 19.4 Å². The van der Waals surface area contributed by atoms with E-state index in [9.17, 15) is 9.59 Å². The third kappa shape index (κ3) is 3.75. The van der Waals surface area contributed by atoms with E-state index < -0.39 is 17.9 Å². The number of carboxylic acid groups (broad SMARTS) is 1. The average molecular weight is 237 g/mol. The molecule has 0 saturated carbocycles. The summed E-state index contributed by atoms with van der Waals surface area (Å²) in [5.41, 5.74) is 0.767. The number of hydrogen-bond acceptors (Lipinski definition) is 3. The molecule has 6 heteroatoms. The number of carboxylic acids is 1. The molecule has 1 heterocycles. The zero-order valence-electron chi connectivity index (χ0n) is 9.75. The molecular formula is C11H15N3O3. The summed E-state index contributed by atoms with van der Waals surface area (Å²) in [4.78, 5) is 22.1. The average Bonchev–Trinajstić information content (AvgIpc) is 2.68. The number of nitrogens with zero attached hydrogens (tertiary/aromatic N) is 2. The van der Waals surface area contributed by atoms with Crippen LogP contribution in [-0.2, 0) is 16.6 Å². The van der Waals surface area contributed by atoms with E-state index in [-0.39, 0.29) is 0 Å². The third-order valence-corrected chi connectivity index (χ3v) is 2.29. The highest BCUT2D eigenvalue weighted by molar-refractivity contribution is 5.94. The van der Waals surface area contributed by atoms with Crippen molar-refractivity contribution in [1.82, 2.24) is 15.1 Å². The van der Waals surface area contributed by atoms with Crippen molar-refractivity contribution >= 4 is 18.0 Å². The van der Waals surface area contributed by atoms with E-state index >= 15 is 0 Å². The minimum atomic E-state index is -1.03. The Morgan fingerprint density at radius 3 is 2.82 bits per heavy atom. The first-order chi connectivity index (χ1) is 8.04. The molecule has 1 atom stereocenters. The number of aliphatic carboxylic acids is 1. The van der Waals surface area contributed by atoms with E-state index in [1.807, 2.05) is 0 Å². The maximum atomic E-state index is 11.4.